The summed E-state index contributed by atoms with van der Waals surface area (Å²) in [4.78, 5) is 0. The van der Waals surface area contributed by atoms with Crippen molar-refractivity contribution < 1.29 is 0 Å². The van der Waals surface area contributed by atoms with Crippen molar-refractivity contribution in [2.75, 3.05) is 6.66 Å². The molecule has 0 saturated heterocycles. The Morgan fingerprint density at radius 3 is 1.62 bits per heavy atom. The van der Waals surface area contributed by atoms with Crippen LogP contribution >= 0.6 is 7.92 Å². The fraction of sp³-hybridized carbons (Fsp3) is 0.714. The van der Waals surface area contributed by atoms with Crippen molar-refractivity contribution in [3.05, 3.63) is 12.2 Å². The Kier molecular flexibility index (Phi) is 1.72. The molecule has 0 nitrogen and oxygen atoms in total. The molecule has 8 heavy (non-hydrogen) atoms. The van der Waals surface area contributed by atoms with Gasteiger partial charge in [-0.05, 0) is 18.0 Å². The Hall–Kier alpha value is 0.170. The fourth-order valence-electron chi connectivity index (χ4n) is 0.964. The molecule has 0 aromatic rings. The van der Waals surface area contributed by atoms with E-state index in [1.807, 2.05) is 0 Å². The lowest BCUT2D eigenvalue weighted by molar-refractivity contribution is 1.22. The third kappa shape index (κ3) is 0.951. The molecule has 1 heterocycles. The molecule has 46 valence electrons. The number of hydrogen-bond acceptors (Lipinski definition) is 0. The van der Waals surface area contributed by atoms with Gasteiger partial charge in [0.25, 0.3) is 0 Å². The van der Waals surface area contributed by atoms with Crippen LogP contribution in [-0.4, -0.2) is 18.0 Å². The zero-order valence-electron chi connectivity index (χ0n) is 5.76. The van der Waals surface area contributed by atoms with Crippen molar-refractivity contribution in [1.82, 2.24) is 0 Å². The Morgan fingerprint density at radius 1 is 1.12 bits per heavy atom. The van der Waals surface area contributed by atoms with Crippen molar-refractivity contribution in [2.45, 2.75) is 25.2 Å². The molecule has 0 amide bonds. The Labute approximate surface area is 52.7 Å². The number of allylic oxidation sites excluding steroid dienone is 2. The van der Waals surface area contributed by atoms with E-state index >= 15 is 0 Å². The molecule has 0 saturated carbocycles. The first-order valence-corrected chi connectivity index (χ1v) is 5.05. The molecular weight excluding hydrogens is 115 g/mol. The second kappa shape index (κ2) is 2.19. The van der Waals surface area contributed by atoms with Crippen LogP contribution in [0.4, 0.5) is 0 Å². The summed E-state index contributed by atoms with van der Waals surface area (Å²) in [5.74, 6) is 0. The molecule has 0 spiro atoms. The first-order valence-electron chi connectivity index (χ1n) is 3.12. The minimum Gasteiger partial charge on any atom is -0.0963 e. The van der Waals surface area contributed by atoms with Crippen LogP contribution in [0.5, 0.6) is 0 Å². The molecule has 0 bridgehead atoms. The second-order valence-corrected chi connectivity index (χ2v) is 5.49. The Morgan fingerprint density at radius 2 is 1.50 bits per heavy atom. The summed E-state index contributed by atoms with van der Waals surface area (Å²) >= 11 is 0. The first kappa shape index (κ1) is 6.29. The van der Waals surface area contributed by atoms with Crippen LogP contribution in [-0.2, 0) is 0 Å². The van der Waals surface area contributed by atoms with E-state index in [-0.39, 0.29) is 0 Å². The fourth-order valence-corrected chi connectivity index (χ4v) is 2.45. The molecule has 1 heteroatoms. The predicted octanol–water partition coefficient (Wildman–Crippen LogP) is 2.44. The average molecular weight is 128 g/mol. The third-order valence-electron chi connectivity index (χ3n) is 1.95. The molecule has 0 radical (unpaired) electrons. The van der Waals surface area contributed by atoms with Gasteiger partial charge in [-0.1, -0.05) is 33.9 Å². The molecule has 0 aliphatic carbocycles. The Balaban J connectivity index is 2.55. The normalized spacial score (nSPS) is 45.6. The summed E-state index contributed by atoms with van der Waals surface area (Å²) in [6.45, 7) is 7.00. The zero-order valence-corrected chi connectivity index (χ0v) is 6.65. The van der Waals surface area contributed by atoms with Crippen molar-refractivity contribution in [1.29, 1.82) is 0 Å². The van der Waals surface area contributed by atoms with Crippen molar-refractivity contribution >= 4 is 7.92 Å². The van der Waals surface area contributed by atoms with Gasteiger partial charge < -0.3 is 0 Å². The van der Waals surface area contributed by atoms with E-state index in [1.54, 1.807) is 0 Å². The van der Waals surface area contributed by atoms with Crippen LogP contribution in [0.25, 0.3) is 0 Å². The highest BCUT2D eigenvalue weighted by molar-refractivity contribution is 7.59. The molecule has 0 aromatic heterocycles. The van der Waals surface area contributed by atoms with Crippen LogP contribution in [0.1, 0.15) is 13.8 Å². The van der Waals surface area contributed by atoms with Gasteiger partial charge in [0, 0.05) is 0 Å². The lowest BCUT2D eigenvalue weighted by atomic mass is 10.4. The van der Waals surface area contributed by atoms with E-state index in [1.165, 1.54) is 0 Å². The molecule has 1 aliphatic heterocycles. The third-order valence-corrected chi connectivity index (χ3v) is 4.87. The van der Waals surface area contributed by atoms with Crippen LogP contribution in [0, 0.1) is 0 Å². The maximum Gasteiger partial charge on any atom is -0.00550 e. The molecule has 1 aliphatic rings. The second-order valence-electron chi connectivity index (χ2n) is 2.53. The van der Waals surface area contributed by atoms with E-state index < -0.39 is 0 Å². The SMILES string of the molecule is C[C@@H]1C=C[C@H](C)P1C. The van der Waals surface area contributed by atoms with Gasteiger partial charge in [0.1, 0.15) is 0 Å². The molecule has 1 rings (SSSR count). The van der Waals surface area contributed by atoms with Crippen molar-refractivity contribution in [3.8, 4) is 0 Å². The van der Waals surface area contributed by atoms with E-state index in [9.17, 15) is 0 Å². The van der Waals surface area contributed by atoms with E-state index in [0.29, 0.717) is 7.92 Å². The van der Waals surface area contributed by atoms with Gasteiger partial charge in [0.15, 0.2) is 0 Å². The summed E-state index contributed by atoms with van der Waals surface area (Å²) in [5.41, 5.74) is 1.75. The average Bonchev–Trinajstić information content (AvgIpc) is 1.98. The van der Waals surface area contributed by atoms with Crippen molar-refractivity contribution in [3.63, 3.8) is 0 Å². The van der Waals surface area contributed by atoms with E-state index in [4.69, 9.17) is 0 Å². The highest BCUT2D eigenvalue weighted by atomic mass is 31.1. The molecular formula is C7H13P. The summed E-state index contributed by atoms with van der Waals surface area (Å²) in [6.07, 6.45) is 4.69. The molecule has 0 aromatic carbocycles. The largest absolute Gasteiger partial charge is 0.0963 e. The van der Waals surface area contributed by atoms with Crippen molar-refractivity contribution in [2.24, 2.45) is 0 Å². The van der Waals surface area contributed by atoms with Crippen LogP contribution in [0.3, 0.4) is 0 Å². The predicted molar refractivity (Wildman–Crippen MR) is 40.9 cm³/mol. The summed E-state index contributed by atoms with van der Waals surface area (Å²) in [7, 11) is 0.301. The standard InChI is InChI=1S/C7H13P/c1-6-4-5-7(2)8(6)3/h4-7H,1-3H3/t6-,7+,8?. The van der Waals surface area contributed by atoms with Gasteiger partial charge in [0.2, 0.25) is 0 Å². The highest BCUT2D eigenvalue weighted by Gasteiger charge is 2.18. The molecule has 1 unspecified atom stereocenters. The van der Waals surface area contributed by atoms with Gasteiger partial charge in [-0.25, -0.2) is 0 Å². The van der Waals surface area contributed by atoms with Gasteiger partial charge >= 0.3 is 0 Å². The maximum atomic E-state index is 2.38. The molecule has 0 fully saturated rings. The molecule has 0 N–H and O–H groups in total. The Bertz CT molecular complexity index is 95.0. The van der Waals surface area contributed by atoms with Crippen LogP contribution in [0.15, 0.2) is 12.2 Å². The monoisotopic (exact) mass is 128 g/mol. The smallest absolute Gasteiger partial charge is 0.00550 e. The van der Waals surface area contributed by atoms with Gasteiger partial charge in [-0.15, -0.1) is 0 Å². The zero-order chi connectivity index (χ0) is 6.15. The first-order chi connectivity index (χ1) is 3.72. The van der Waals surface area contributed by atoms with Gasteiger partial charge in [-0.3, -0.25) is 0 Å². The highest BCUT2D eigenvalue weighted by Crippen LogP contribution is 2.47. The summed E-state index contributed by atoms with van der Waals surface area (Å²) < 4.78 is 0. The lowest BCUT2D eigenvalue weighted by Crippen LogP contribution is -1.94. The minimum atomic E-state index is 0.301. The number of rotatable bonds is 0. The number of hydrogen-bond donors (Lipinski definition) is 0. The van der Waals surface area contributed by atoms with Gasteiger partial charge in [-0.2, -0.15) is 0 Å². The topological polar surface area (TPSA) is 0 Å². The quantitative estimate of drug-likeness (QED) is 0.347. The van der Waals surface area contributed by atoms with Crippen LogP contribution < -0.4 is 0 Å². The van der Waals surface area contributed by atoms with Gasteiger partial charge in [0.05, 0.1) is 0 Å². The minimum absolute atomic E-state index is 0.301. The lowest BCUT2D eigenvalue weighted by Gasteiger charge is -2.13. The maximum absolute atomic E-state index is 2.38. The van der Waals surface area contributed by atoms with E-state index in [2.05, 4.69) is 32.7 Å². The summed E-state index contributed by atoms with van der Waals surface area (Å²) in [6, 6.07) is 0. The summed E-state index contributed by atoms with van der Waals surface area (Å²) in [5, 5.41) is 0. The molecule has 3 atom stereocenters. The van der Waals surface area contributed by atoms with E-state index in [0.717, 1.165) is 11.3 Å². The van der Waals surface area contributed by atoms with Crippen LogP contribution in [0.2, 0.25) is 0 Å².